The van der Waals surface area contributed by atoms with E-state index in [1.807, 2.05) is 0 Å². The van der Waals surface area contributed by atoms with Gasteiger partial charge in [0.1, 0.15) is 0 Å². The molecule has 0 spiro atoms. The van der Waals surface area contributed by atoms with E-state index in [1.165, 1.54) is 0 Å². The molecule has 0 aliphatic carbocycles. The third-order valence-electron chi connectivity index (χ3n) is 3.04. The molecule has 1 fully saturated rings. The van der Waals surface area contributed by atoms with Crippen molar-refractivity contribution in [2.75, 3.05) is 13.1 Å². The van der Waals surface area contributed by atoms with Crippen molar-refractivity contribution in [3.8, 4) is 0 Å². The van der Waals surface area contributed by atoms with Gasteiger partial charge in [0.05, 0.1) is 22.7 Å². The average Bonchev–Trinajstić information content (AvgIpc) is 2.69. The molecule has 1 aliphatic rings. The van der Waals surface area contributed by atoms with E-state index in [2.05, 4.69) is 0 Å². The topological polar surface area (TPSA) is 77.8 Å². The Hall–Kier alpha value is -1.16. The Labute approximate surface area is 113 Å². The van der Waals surface area contributed by atoms with Crippen LogP contribution in [0.1, 0.15) is 5.56 Å². The van der Waals surface area contributed by atoms with E-state index in [-0.39, 0.29) is 18.0 Å². The maximum atomic E-state index is 12.4. The first-order valence-corrected chi connectivity index (χ1v) is 7.10. The third-order valence-corrected chi connectivity index (χ3v) is 4.89. The number of halogens is 3. The number of β-amino-alcohol motifs (C(OH)–C–C–N with tert-alkyl or cyclic N) is 2. The average molecular weight is 311 g/mol. The lowest BCUT2D eigenvalue weighted by Crippen LogP contribution is -2.30. The Bertz CT molecular complexity index is 575. The van der Waals surface area contributed by atoms with Gasteiger partial charge in [-0.25, -0.2) is 8.42 Å². The van der Waals surface area contributed by atoms with Crippen LogP contribution in [0.5, 0.6) is 0 Å². The van der Waals surface area contributed by atoms with E-state index < -0.39 is 34.0 Å². The molecule has 1 aliphatic heterocycles. The summed E-state index contributed by atoms with van der Waals surface area (Å²) in [4.78, 5) is -0.313. The molecule has 9 heteroatoms. The van der Waals surface area contributed by atoms with Gasteiger partial charge in [0, 0.05) is 13.1 Å². The molecule has 2 atom stereocenters. The monoisotopic (exact) mass is 311 g/mol. The number of sulfonamides is 1. The molecule has 2 rings (SSSR count). The minimum atomic E-state index is -4.54. The summed E-state index contributed by atoms with van der Waals surface area (Å²) in [6.07, 6.45) is -6.93. The first-order chi connectivity index (χ1) is 9.12. The van der Waals surface area contributed by atoms with E-state index in [1.54, 1.807) is 0 Å². The number of benzene rings is 1. The highest BCUT2D eigenvalue weighted by atomic mass is 32.2. The molecule has 1 aromatic carbocycles. The first-order valence-electron chi connectivity index (χ1n) is 5.66. The second kappa shape index (κ2) is 4.99. The highest BCUT2D eigenvalue weighted by Gasteiger charge is 2.38. The van der Waals surface area contributed by atoms with Gasteiger partial charge >= 0.3 is 6.18 Å². The predicted molar refractivity (Wildman–Crippen MR) is 62.2 cm³/mol. The number of rotatable bonds is 2. The van der Waals surface area contributed by atoms with E-state index >= 15 is 0 Å². The summed E-state index contributed by atoms with van der Waals surface area (Å²) >= 11 is 0. The van der Waals surface area contributed by atoms with Gasteiger partial charge in [0.15, 0.2) is 0 Å². The maximum absolute atomic E-state index is 12.4. The minimum absolute atomic E-state index is 0.287. The largest absolute Gasteiger partial charge is 0.416 e. The quantitative estimate of drug-likeness (QED) is 0.830. The van der Waals surface area contributed by atoms with Crippen molar-refractivity contribution >= 4 is 10.0 Å². The summed E-state index contributed by atoms with van der Waals surface area (Å²) in [5, 5.41) is 18.6. The van der Waals surface area contributed by atoms with Crippen LogP contribution in [0.25, 0.3) is 0 Å². The lowest BCUT2D eigenvalue weighted by Gasteiger charge is -2.16. The number of aliphatic hydroxyl groups is 2. The molecule has 0 bridgehead atoms. The van der Waals surface area contributed by atoms with Crippen LogP contribution in [0.15, 0.2) is 29.2 Å². The fraction of sp³-hybridized carbons (Fsp3) is 0.455. The van der Waals surface area contributed by atoms with Crippen LogP contribution < -0.4 is 0 Å². The normalized spacial score (nSPS) is 25.1. The molecule has 0 unspecified atom stereocenters. The van der Waals surface area contributed by atoms with E-state index in [4.69, 9.17) is 0 Å². The van der Waals surface area contributed by atoms with E-state index in [9.17, 15) is 31.8 Å². The number of aliphatic hydroxyl groups excluding tert-OH is 2. The fourth-order valence-corrected chi connectivity index (χ4v) is 3.37. The smallest absolute Gasteiger partial charge is 0.389 e. The molecular weight excluding hydrogens is 299 g/mol. The number of alkyl halides is 3. The second-order valence-corrected chi connectivity index (χ2v) is 6.42. The summed E-state index contributed by atoms with van der Waals surface area (Å²) in [6.45, 7) is -0.574. The summed E-state index contributed by atoms with van der Waals surface area (Å²) < 4.78 is 62.2. The number of hydrogen-bond donors (Lipinski definition) is 2. The Balaban J connectivity index is 2.27. The Kier molecular flexibility index (Phi) is 3.80. The third kappa shape index (κ3) is 2.80. The molecule has 0 radical (unpaired) electrons. The molecule has 1 heterocycles. The molecule has 2 N–H and O–H groups in total. The molecular formula is C11H12F3NO4S. The highest BCUT2D eigenvalue weighted by Crippen LogP contribution is 2.30. The summed E-state index contributed by atoms with van der Waals surface area (Å²) in [7, 11) is -4.02. The lowest BCUT2D eigenvalue weighted by atomic mass is 10.2. The van der Waals surface area contributed by atoms with Crippen molar-refractivity contribution in [3.63, 3.8) is 0 Å². The Morgan fingerprint density at radius 3 is 1.90 bits per heavy atom. The van der Waals surface area contributed by atoms with Crippen LogP contribution in [-0.4, -0.2) is 48.2 Å². The molecule has 0 aromatic heterocycles. The fourth-order valence-electron chi connectivity index (χ4n) is 1.90. The van der Waals surface area contributed by atoms with Crippen molar-refractivity contribution in [1.82, 2.24) is 4.31 Å². The Morgan fingerprint density at radius 1 is 1.05 bits per heavy atom. The molecule has 1 saturated heterocycles. The first kappa shape index (κ1) is 15.2. The minimum Gasteiger partial charge on any atom is -0.389 e. The number of hydrogen-bond acceptors (Lipinski definition) is 4. The van der Waals surface area contributed by atoms with Crippen molar-refractivity contribution in [2.24, 2.45) is 0 Å². The maximum Gasteiger partial charge on any atom is 0.416 e. The molecule has 0 saturated carbocycles. The van der Waals surface area contributed by atoms with Gasteiger partial charge in [-0.15, -0.1) is 0 Å². The summed E-state index contributed by atoms with van der Waals surface area (Å²) in [6, 6.07) is 3.07. The van der Waals surface area contributed by atoms with Gasteiger partial charge in [0.25, 0.3) is 0 Å². The molecule has 0 amide bonds. The second-order valence-electron chi connectivity index (χ2n) is 4.48. The van der Waals surface area contributed by atoms with Crippen molar-refractivity contribution < 1.29 is 31.8 Å². The van der Waals surface area contributed by atoms with Gasteiger partial charge in [-0.05, 0) is 24.3 Å². The lowest BCUT2D eigenvalue weighted by molar-refractivity contribution is -0.137. The van der Waals surface area contributed by atoms with Crippen molar-refractivity contribution in [2.45, 2.75) is 23.3 Å². The van der Waals surface area contributed by atoms with Crippen LogP contribution in [-0.2, 0) is 16.2 Å². The van der Waals surface area contributed by atoms with Gasteiger partial charge in [-0.1, -0.05) is 0 Å². The van der Waals surface area contributed by atoms with Crippen LogP contribution in [0.2, 0.25) is 0 Å². The van der Waals surface area contributed by atoms with Crippen molar-refractivity contribution in [3.05, 3.63) is 29.8 Å². The summed E-state index contributed by atoms with van der Waals surface area (Å²) in [5.74, 6) is 0. The van der Waals surface area contributed by atoms with Gasteiger partial charge in [-0.3, -0.25) is 0 Å². The van der Waals surface area contributed by atoms with Crippen LogP contribution in [0.4, 0.5) is 13.2 Å². The molecule has 20 heavy (non-hydrogen) atoms. The molecule has 112 valence electrons. The van der Waals surface area contributed by atoms with Crippen LogP contribution >= 0.6 is 0 Å². The van der Waals surface area contributed by atoms with Gasteiger partial charge in [0.2, 0.25) is 10.0 Å². The highest BCUT2D eigenvalue weighted by molar-refractivity contribution is 7.89. The van der Waals surface area contributed by atoms with Crippen LogP contribution in [0, 0.1) is 0 Å². The zero-order valence-electron chi connectivity index (χ0n) is 10.1. The predicted octanol–water partition coefficient (Wildman–Crippen LogP) is 0.431. The van der Waals surface area contributed by atoms with Gasteiger partial charge in [-0.2, -0.15) is 17.5 Å². The number of nitrogens with zero attached hydrogens (tertiary/aromatic N) is 1. The standard InChI is InChI=1S/C11H12F3NO4S/c12-11(13,14)7-1-3-8(4-2-7)20(18,19)15-5-9(16)10(17)6-15/h1-4,9-10,16-17H,5-6H2/t9-,10+. The van der Waals surface area contributed by atoms with Crippen molar-refractivity contribution in [1.29, 1.82) is 0 Å². The molecule has 1 aromatic rings. The zero-order chi connectivity index (χ0) is 15.1. The SMILES string of the molecule is O=S(=O)(c1ccc(C(F)(F)F)cc1)N1C[C@@H](O)[C@@H](O)C1. The summed E-state index contributed by atoms with van der Waals surface area (Å²) in [5.41, 5.74) is -0.946. The van der Waals surface area contributed by atoms with E-state index in [0.717, 1.165) is 16.4 Å². The van der Waals surface area contributed by atoms with Gasteiger partial charge < -0.3 is 10.2 Å². The zero-order valence-corrected chi connectivity index (χ0v) is 10.9. The van der Waals surface area contributed by atoms with E-state index in [0.29, 0.717) is 12.1 Å². The molecule has 5 nitrogen and oxygen atoms in total. The Morgan fingerprint density at radius 2 is 1.50 bits per heavy atom. The van der Waals surface area contributed by atoms with Crippen LogP contribution in [0.3, 0.4) is 0 Å².